The van der Waals surface area contributed by atoms with Gasteiger partial charge in [0.1, 0.15) is 18.1 Å². The van der Waals surface area contributed by atoms with Crippen LogP contribution in [0.1, 0.15) is 36.4 Å². The van der Waals surface area contributed by atoms with E-state index in [1.807, 2.05) is 66.1 Å². The van der Waals surface area contributed by atoms with E-state index in [0.29, 0.717) is 25.8 Å². The molecule has 0 saturated carbocycles. The second-order valence-corrected chi connectivity index (χ2v) is 8.71. The van der Waals surface area contributed by atoms with Crippen LogP contribution in [0.3, 0.4) is 0 Å². The van der Waals surface area contributed by atoms with E-state index in [0.717, 1.165) is 45.0 Å². The van der Waals surface area contributed by atoms with Gasteiger partial charge in [0.2, 0.25) is 0 Å². The van der Waals surface area contributed by atoms with Crippen LogP contribution in [0.2, 0.25) is 0 Å². The van der Waals surface area contributed by atoms with E-state index in [4.69, 9.17) is 19.3 Å². The van der Waals surface area contributed by atoms with E-state index >= 15 is 0 Å². The van der Waals surface area contributed by atoms with Gasteiger partial charge in [0, 0.05) is 28.8 Å². The number of anilines is 1. The molecule has 0 bridgehead atoms. The molecule has 2 aliphatic heterocycles. The molecule has 0 saturated heterocycles. The van der Waals surface area contributed by atoms with Crippen LogP contribution >= 0.6 is 0 Å². The lowest BCUT2D eigenvalue weighted by Crippen LogP contribution is -2.11. The van der Waals surface area contributed by atoms with Gasteiger partial charge in [-0.1, -0.05) is 30.3 Å². The molecule has 35 heavy (non-hydrogen) atoms. The number of carbonyl (C=O) groups is 1. The molecule has 0 aliphatic carbocycles. The molecule has 0 fully saturated rings. The molecule has 4 aromatic rings. The van der Waals surface area contributed by atoms with Crippen LogP contribution in [-0.2, 0) is 4.79 Å². The first-order valence-electron chi connectivity index (χ1n) is 11.7. The molecule has 6 rings (SSSR count). The molecular formula is C27H25N3O5. The molecule has 2 atom stereocenters. The van der Waals surface area contributed by atoms with Crippen molar-refractivity contribution in [2.24, 2.45) is 0 Å². The van der Waals surface area contributed by atoms with Crippen LogP contribution < -0.4 is 19.5 Å². The van der Waals surface area contributed by atoms with Crippen molar-refractivity contribution in [1.29, 1.82) is 0 Å². The fraction of sp³-hybridized carbons (Fsp3) is 0.259. The molecule has 8 heteroatoms. The number of hydrogen-bond donors (Lipinski definition) is 2. The van der Waals surface area contributed by atoms with Gasteiger partial charge in [0.05, 0.1) is 42.4 Å². The van der Waals surface area contributed by atoms with E-state index in [1.165, 1.54) is 0 Å². The van der Waals surface area contributed by atoms with Gasteiger partial charge in [0.25, 0.3) is 0 Å². The lowest BCUT2D eigenvalue weighted by Gasteiger charge is -2.15. The third-order valence-electron chi connectivity index (χ3n) is 6.49. The number of imidazole rings is 1. The lowest BCUT2D eigenvalue weighted by molar-refractivity contribution is -0.137. The molecule has 1 aromatic heterocycles. The highest BCUT2D eigenvalue weighted by Gasteiger charge is 2.30. The van der Waals surface area contributed by atoms with Crippen molar-refractivity contribution in [3.05, 3.63) is 71.8 Å². The Labute approximate surface area is 202 Å². The third-order valence-corrected chi connectivity index (χ3v) is 6.49. The first-order valence-corrected chi connectivity index (χ1v) is 11.7. The number of rotatable bonds is 7. The van der Waals surface area contributed by atoms with Crippen molar-refractivity contribution in [2.75, 3.05) is 25.1 Å². The van der Waals surface area contributed by atoms with Gasteiger partial charge in [0.15, 0.2) is 0 Å². The highest BCUT2D eigenvalue weighted by molar-refractivity contribution is 5.80. The second-order valence-electron chi connectivity index (χ2n) is 8.71. The maximum absolute atomic E-state index is 11.1. The minimum absolute atomic E-state index is 0.0513. The maximum atomic E-state index is 11.1. The van der Waals surface area contributed by atoms with Gasteiger partial charge in [-0.2, -0.15) is 4.98 Å². The summed E-state index contributed by atoms with van der Waals surface area (Å²) in [5.41, 5.74) is 5.59. The topological polar surface area (TPSA) is 94.8 Å². The summed E-state index contributed by atoms with van der Waals surface area (Å²) in [7, 11) is 0. The van der Waals surface area contributed by atoms with Crippen LogP contribution in [0.5, 0.6) is 17.5 Å². The van der Waals surface area contributed by atoms with Gasteiger partial charge >= 0.3 is 12.0 Å². The summed E-state index contributed by atoms with van der Waals surface area (Å²) in [4.78, 5) is 15.8. The van der Waals surface area contributed by atoms with E-state index < -0.39 is 5.97 Å². The number of fused-ring (bicyclic) bond motifs is 3. The Morgan fingerprint density at radius 2 is 2.00 bits per heavy atom. The summed E-state index contributed by atoms with van der Waals surface area (Å²) in [6.45, 7) is 3.32. The Hall–Kier alpha value is -4.20. The molecule has 8 nitrogen and oxygen atoms in total. The summed E-state index contributed by atoms with van der Waals surface area (Å²) >= 11 is 0. The zero-order valence-corrected chi connectivity index (χ0v) is 19.2. The predicted octanol–water partition coefficient (Wildman–Crippen LogP) is 4.92. The van der Waals surface area contributed by atoms with Gasteiger partial charge < -0.3 is 24.6 Å². The molecule has 2 aliphatic rings. The molecule has 0 unspecified atom stereocenters. The van der Waals surface area contributed by atoms with Crippen molar-refractivity contribution >= 4 is 22.7 Å². The van der Waals surface area contributed by atoms with Gasteiger partial charge in [-0.15, -0.1) is 0 Å². The Kier molecular flexibility index (Phi) is 5.21. The number of hydrogen-bond acceptors (Lipinski definition) is 6. The summed E-state index contributed by atoms with van der Waals surface area (Å²) in [5.74, 6) is 0.606. The monoisotopic (exact) mass is 471 g/mol. The number of carboxylic acids is 1. The molecule has 0 radical (unpaired) electrons. The minimum atomic E-state index is -0.817. The quantitative estimate of drug-likeness (QED) is 0.395. The Morgan fingerprint density at radius 1 is 1.11 bits per heavy atom. The Balaban J connectivity index is 1.32. The molecule has 0 spiro atoms. The Morgan fingerprint density at radius 3 is 2.86 bits per heavy atom. The number of aliphatic carboxylic acids is 1. The maximum Gasteiger partial charge on any atom is 0.304 e. The first-order chi connectivity index (χ1) is 17.1. The van der Waals surface area contributed by atoms with Gasteiger partial charge in [-0.25, -0.2) is 0 Å². The smallest absolute Gasteiger partial charge is 0.304 e. The second kappa shape index (κ2) is 8.54. The highest BCUT2D eigenvalue weighted by atomic mass is 16.5. The van der Waals surface area contributed by atoms with Crippen LogP contribution in [-0.4, -0.2) is 40.4 Å². The van der Waals surface area contributed by atoms with E-state index in [2.05, 4.69) is 16.4 Å². The summed E-state index contributed by atoms with van der Waals surface area (Å²) < 4.78 is 19.9. The number of aromatic nitrogens is 2. The van der Waals surface area contributed by atoms with E-state index in [1.54, 1.807) is 0 Å². The van der Waals surface area contributed by atoms with Crippen molar-refractivity contribution < 1.29 is 24.1 Å². The molecule has 2 N–H and O–H groups in total. The number of benzene rings is 3. The third kappa shape index (κ3) is 3.71. The summed E-state index contributed by atoms with van der Waals surface area (Å²) in [6.07, 6.45) is 0.0685. The highest BCUT2D eigenvalue weighted by Crippen LogP contribution is 2.43. The van der Waals surface area contributed by atoms with Crippen LogP contribution in [0.4, 0.5) is 5.69 Å². The molecule has 3 aromatic carbocycles. The van der Waals surface area contributed by atoms with Crippen molar-refractivity contribution in [3.63, 3.8) is 0 Å². The zero-order chi connectivity index (χ0) is 23.9. The number of nitrogens with one attached hydrogen (secondary N) is 1. The lowest BCUT2D eigenvalue weighted by atomic mass is 9.97. The fourth-order valence-electron chi connectivity index (χ4n) is 4.94. The first kappa shape index (κ1) is 21.3. The minimum Gasteiger partial charge on any atom is -0.493 e. The van der Waals surface area contributed by atoms with E-state index in [-0.39, 0.29) is 18.4 Å². The predicted molar refractivity (Wildman–Crippen MR) is 131 cm³/mol. The van der Waals surface area contributed by atoms with Crippen molar-refractivity contribution in [2.45, 2.75) is 25.3 Å². The van der Waals surface area contributed by atoms with Crippen LogP contribution in [0, 0.1) is 0 Å². The largest absolute Gasteiger partial charge is 0.493 e. The normalized spacial score (nSPS) is 18.0. The average Bonchev–Trinajstić information content (AvgIpc) is 3.54. The number of carboxylic acid groups (broad SMARTS) is 1. The van der Waals surface area contributed by atoms with Crippen molar-refractivity contribution in [3.8, 4) is 23.2 Å². The van der Waals surface area contributed by atoms with Crippen molar-refractivity contribution in [1.82, 2.24) is 9.55 Å². The Bertz CT molecular complexity index is 1430. The molecule has 0 amide bonds. The fourth-order valence-corrected chi connectivity index (χ4v) is 4.94. The zero-order valence-electron chi connectivity index (χ0n) is 19.2. The van der Waals surface area contributed by atoms with E-state index in [9.17, 15) is 4.79 Å². The molecule has 178 valence electrons. The van der Waals surface area contributed by atoms with Gasteiger partial charge in [-0.3, -0.25) is 9.36 Å². The number of nitrogens with zero attached hydrogens (tertiary/aromatic N) is 2. The summed E-state index contributed by atoms with van der Waals surface area (Å²) in [6, 6.07) is 20.4. The molecule has 3 heterocycles. The average molecular weight is 472 g/mol. The molecular weight excluding hydrogens is 446 g/mol. The van der Waals surface area contributed by atoms with Crippen LogP contribution in [0.15, 0.2) is 60.7 Å². The van der Waals surface area contributed by atoms with Gasteiger partial charge in [-0.05, 0) is 31.2 Å². The number of para-hydroxylation sites is 3. The van der Waals surface area contributed by atoms with Crippen LogP contribution in [0.25, 0.3) is 16.7 Å². The summed E-state index contributed by atoms with van der Waals surface area (Å²) in [5, 5.41) is 12.7. The SMILES string of the molecule is CCOc1nc2ccccc2n1-c1cccc2c1OC[C@H]2Nc1ccc2c(c1)OC[C@H]2CC(=O)O. The standard InChI is InChI=1S/C27H25N3O5/c1-2-33-27-29-20-7-3-4-8-22(20)30(27)23-9-5-6-19-21(15-35-26(19)23)28-17-10-11-18-16(12-25(31)32)14-34-24(18)13-17/h3-11,13,16,21,28H,2,12,14-15H2,1H3,(H,31,32)/t16-,21-/m1/s1. The number of ether oxygens (including phenoxy) is 3.